The minimum absolute atomic E-state index is 0.573. The van der Waals surface area contributed by atoms with Gasteiger partial charge in [-0.3, -0.25) is 9.97 Å². The number of benzene rings is 2. The van der Waals surface area contributed by atoms with Crippen LogP contribution in [0.4, 0.5) is 5.69 Å². The van der Waals surface area contributed by atoms with Crippen LogP contribution < -0.4 is 5.32 Å². The molecule has 1 N–H and O–H groups in total. The fourth-order valence-electron chi connectivity index (χ4n) is 4.30. The molecular weight excluding hydrogens is 404 g/mol. The fraction of sp³-hybridized carbons (Fsp3) is 0.138. The van der Waals surface area contributed by atoms with Gasteiger partial charge < -0.3 is 5.32 Å². The van der Waals surface area contributed by atoms with Gasteiger partial charge in [-0.2, -0.15) is 0 Å². The molecule has 1 aliphatic carbocycles. The molecule has 0 atom stereocenters. The van der Waals surface area contributed by atoms with Crippen molar-refractivity contribution < 1.29 is 0 Å². The second kappa shape index (κ2) is 8.47. The number of aromatic nitrogens is 3. The molecule has 1 fully saturated rings. The summed E-state index contributed by atoms with van der Waals surface area (Å²) in [4.78, 5) is 14.1. The first-order valence-electron chi connectivity index (χ1n) is 11.4. The molecule has 4 heteroatoms. The quantitative estimate of drug-likeness (QED) is 0.321. The van der Waals surface area contributed by atoms with Crippen molar-refractivity contribution in [2.45, 2.75) is 25.3 Å². The average molecular weight is 429 g/mol. The standard InChI is InChI=1S/C29H24N4/c1-2-9-26-23(6-1)27(18-28(33-26)24-7-5-17-31-29(24)22-14-15-22)32-19-20-10-12-21(13-11-20)25-8-3-4-16-30-25/h1-13,16-18,22H,14-15,19H2,(H,32,33). The largest absolute Gasteiger partial charge is 0.380 e. The lowest BCUT2D eigenvalue weighted by Gasteiger charge is -2.14. The minimum Gasteiger partial charge on any atom is -0.380 e. The number of pyridine rings is 3. The van der Waals surface area contributed by atoms with Crippen LogP contribution in [-0.2, 0) is 6.54 Å². The Morgan fingerprint density at radius 1 is 0.758 bits per heavy atom. The summed E-state index contributed by atoms with van der Waals surface area (Å²) in [5.41, 5.74) is 8.73. The molecule has 0 aliphatic heterocycles. The first-order chi connectivity index (χ1) is 16.3. The van der Waals surface area contributed by atoms with Crippen LogP contribution in [0.3, 0.4) is 0 Å². The van der Waals surface area contributed by atoms with E-state index >= 15 is 0 Å². The molecule has 3 heterocycles. The second-order valence-electron chi connectivity index (χ2n) is 8.55. The topological polar surface area (TPSA) is 50.7 Å². The van der Waals surface area contributed by atoms with Crippen molar-refractivity contribution in [3.63, 3.8) is 0 Å². The van der Waals surface area contributed by atoms with E-state index in [1.54, 1.807) is 0 Å². The molecule has 0 saturated heterocycles. The SMILES string of the molecule is c1ccc(-c2ccc(CNc3cc(-c4cccnc4C4CC4)nc4ccccc34)cc2)nc1. The van der Waals surface area contributed by atoms with Gasteiger partial charge in [-0.1, -0.05) is 48.5 Å². The maximum atomic E-state index is 4.99. The van der Waals surface area contributed by atoms with Crippen LogP contribution in [0.5, 0.6) is 0 Å². The summed E-state index contributed by atoms with van der Waals surface area (Å²) in [6.45, 7) is 0.735. The van der Waals surface area contributed by atoms with E-state index in [9.17, 15) is 0 Å². The van der Waals surface area contributed by atoms with E-state index in [2.05, 4.69) is 69.9 Å². The van der Waals surface area contributed by atoms with Crippen molar-refractivity contribution in [1.29, 1.82) is 0 Å². The van der Waals surface area contributed by atoms with Crippen LogP contribution in [-0.4, -0.2) is 15.0 Å². The van der Waals surface area contributed by atoms with Crippen molar-refractivity contribution in [3.05, 3.63) is 109 Å². The number of hydrogen-bond acceptors (Lipinski definition) is 4. The number of anilines is 1. The van der Waals surface area contributed by atoms with Gasteiger partial charge >= 0.3 is 0 Å². The summed E-state index contributed by atoms with van der Waals surface area (Å²) in [5.74, 6) is 0.573. The highest BCUT2D eigenvalue weighted by Gasteiger charge is 2.28. The molecule has 0 amide bonds. The number of hydrogen-bond donors (Lipinski definition) is 1. The number of fused-ring (bicyclic) bond motifs is 1. The van der Waals surface area contributed by atoms with Gasteiger partial charge in [-0.25, -0.2) is 4.98 Å². The first kappa shape index (κ1) is 19.6. The number of para-hydroxylation sites is 1. The molecule has 0 bridgehead atoms. The Balaban J connectivity index is 1.31. The smallest absolute Gasteiger partial charge is 0.0748 e. The summed E-state index contributed by atoms with van der Waals surface area (Å²) >= 11 is 0. The normalized spacial score (nSPS) is 13.2. The van der Waals surface area contributed by atoms with E-state index in [4.69, 9.17) is 4.98 Å². The van der Waals surface area contributed by atoms with Crippen molar-refractivity contribution in [3.8, 4) is 22.5 Å². The Labute approximate surface area is 193 Å². The van der Waals surface area contributed by atoms with Gasteiger partial charge in [0.2, 0.25) is 0 Å². The second-order valence-corrected chi connectivity index (χ2v) is 8.55. The molecule has 1 saturated carbocycles. The maximum absolute atomic E-state index is 4.99. The molecule has 33 heavy (non-hydrogen) atoms. The van der Waals surface area contributed by atoms with Crippen LogP contribution in [0.2, 0.25) is 0 Å². The van der Waals surface area contributed by atoms with Crippen LogP contribution in [0.25, 0.3) is 33.4 Å². The van der Waals surface area contributed by atoms with E-state index in [0.29, 0.717) is 5.92 Å². The lowest BCUT2D eigenvalue weighted by Crippen LogP contribution is -2.02. The zero-order chi connectivity index (χ0) is 22.0. The fourth-order valence-corrected chi connectivity index (χ4v) is 4.30. The highest BCUT2D eigenvalue weighted by atomic mass is 14.9. The predicted octanol–water partition coefficient (Wildman–Crippen LogP) is 6.85. The van der Waals surface area contributed by atoms with Gasteiger partial charge in [0.15, 0.2) is 0 Å². The van der Waals surface area contributed by atoms with Crippen molar-refractivity contribution in [2.75, 3.05) is 5.32 Å². The number of nitrogens with one attached hydrogen (secondary N) is 1. The van der Waals surface area contributed by atoms with E-state index in [-0.39, 0.29) is 0 Å². The molecule has 2 aromatic carbocycles. The number of nitrogens with zero attached hydrogens (tertiary/aromatic N) is 3. The summed E-state index contributed by atoms with van der Waals surface area (Å²) in [6, 6.07) is 29.2. The molecule has 5 aromatic rings. The van der Waals surface area contributed by atoms with Gasteiger partial charge in [0.05, 0.1) is 22.6 Å². The lowest BCUT2D eigenvalue weighted by molar-refractivity contribution is 1.02. The monoisotopic (exact) mass is 428 g/mol. The van der Waals surface area contributed by atoms with Gasteiger partial charge in [0.1, 0.15) is 0 Å². The van der Waals surface area contributed by atoms with Crippen molar-refractivity contribution in [1.82, 2.24) is 15.0 Å². The highest BCUT2D eigenvalue weighted by Crippen LogP contribution is 2.43. The lowest BCUT2D eigenvalue weighted by atomic mass is 10.0. The molecule has 0 unspecified atom stereocenters. The van der Waals surface area contributed by atoms with Crippen LogP contribution in [0.15, 0.2) is 97.3 Å². The Kier molecular flexibility index (Phi) is 5.04. The van der Waals surface area contributed by atoms with Crippen molar-refractivity contribution in [2.24, 2.45) is 0 Å². The van der Waals surface area contributed by atoms with Crippen LogP contribution in [0, 0.1) is 0 Å². The van der Waals surface area contributed by atoms with E-state index in [1.807, 2.05) is 42.7 Å². The summed E-state index contributed by atoms with van der Waals surface area (Å²) in [5, 5.41) is 4.79. The number of rotatable bonds is 6. The molecule has 3 aromatic heterocycles. The summed E-state index contributed by atoms with van der Waals surface area (Å²) in [6.07, 6.45) is 6.16. The van der Waals surface area contributed by atoms with Crippen molar-refractivity contribution >= 4 is 16.6 Å². The molecule has 6 rings (SSSR count). The highest BCUT2D eigenvalue weighted by molar-refractivity contribution is 5.94. The zero-order valence-electron chi connectivity index (χ0n) is 18.3. The third kappa shape index (κ3) is 4.08. The van der Waals surface area contributed by atoms with E-state index in [0.717, 1.165) is 45.6 Å². The third-order valence-electron chi connectivity index (χ3n) is 6.19. The molecule has 0 spiro atoms. The zero-order valence-corrected chi connectivity index (χ0v) is 18.3. The van der Waals surface area contributed by atoms with Gasteiger partial charge in [0.25, 0.3) is 0 Å². The Morgan fingerprint density at radius 3 is 2.39 bits per heavy atom. The first-order valence-corrected chi connectivity index (χ1v) is 11.4. The molecule has 160 valence electrons. The van der Waals surface area contributed by atoms with E-state index < -0.39 is 0 Å². The minimum atomic E-state index is 0.573. The summed E-state index contributed by atoms with van der Waals surface area (Å²) < 4.78 is 0. The molecule has 0 radical (unpaired) electrons. The molecule has 1 aliphatic rings. The van der Waals surface area contributed by atoms with E-state index in [1.165, 1.54) is 24.1 Å². The Bertz CT molecular complexity index is 1410. The van der Waals surface area contributed by atoms with Crippen LogP contribution >= 0.6 is 0 Å². The van der Waals surface area contributed by atoms with Crippen LogP contribution in [0.1, 0.15) is 30.0 Å². The summed E-state index contributed by atoms with van der Waals surface area (Å²) in [7, 11) is 0. The Morgan fingerprint density at radius 2 is 1.58 bits per heavy atom. The average Bonchev–Trinajstić information content (AvgIpc) is 3.74. The Hall–Kier alpha value is -4.05. The van der Waals surface area contributed by atoms with Gasteiger partial charge in [-0.15, -0.1) is 0 Å². The van der Waals surface area contributed by atoms with Gasteiger partial charge in [0, 0.05) is 47.1 Å². The maximum Gasteiger partial charge on any atom is 0.0748 e. The molecule has 4 nitrogen and oxygen atoms in total. The third-order valence-corrected chi connectivity index (χ3v) is 6.19. The van der Waals surface area contributed by atoms with Gasteiger partial charge in [-0.05, 0) is 54.8 Å². The molecular formula is C29H24N4. The predicted molar refractivity (Wildman–Crippen MR) is 134 cm³/mol.